The molecule has 0 amide bonds. The standard InChI is InChI=1S/C10H5ClF4O2/c11-9-5(12)1-4(2-6(9)13)7(16)3-8(17)10(14)15/h1-3,10,16H/b7-3-. The predicted octanol–water partition coefficient (Wildman–Crippen LogP) is 3.35. The van der Waals surface area contributed by atoms with Crippen LogP contribution >= 0.6 is 11.6 Å². The fraction of sp³-hybridized carbons (Fsp3) is 0.100. The van der Waals surface area contributed by atoms with Gasteiger partial charge in [-0.25, -0.2) is 17.6 Å². The van der Waals surface area contributed by atoms with E-state index in [1.165, 1.54) is 0 Å². The van der Waals surface area contributed by atoms with Crippen molar-refractivity contribution in [3.63, 3.8) is 0 Å². The summed E-state index contributed by atoms with van der Waals surface area (Å²) in [6.45, 7) is 0. The zero-order chi connectivity index (χ0) is 13.2. The van der Waals surface area contributed by atoms with Crippen LogP contribution in [0.4, 0.5) is 17.6 Å². The van der Waals surface area contributed by atoms with Crippen molar-refractivity contribution >= 4 is 23.1 Å². The molecule has 0 aliphatic carbocycles. The third-order valence-electron chi connectivity index (χ3n) is 1.77. The van der Waals surface area contributed by atoms with Crippen molar-refractivity contribution < 1.29 is 27.5 Å². The number of carbonyl (C=O) groups is 1. The Morgan fingerprint density at radius 2 is 1.76 bits per heavy atom. The van der Waals surface area contributed by atoms with E-state index in [1.54, 1.807) is 0 Å². The Morgan fingerprint density at radius 1 is 1.29 bits per heavy atom. The summed E-state index contributed by atoms with van der Waals surface area (Å²) in [5, 5.41) is 8.42. The van der Waals surface area contributed by atoms with Crippen molar-refractivity contribution in [2.75, 3.05) is 0 Å². The number of alkyl halides is 2. The molecule has 1 N–H and O–H groups in total. The highest BCUT2D eigenvalue weighted by atomic mass is 35.5. The number of rotatable bonds is 3. The first-order valence-corrected chi connectivity index (χ1v) is 4.58. The summed E-state index contributed by atoms with van der Waals surface area (Å²) >= 11 is 5.17. The van der Waals surface area contributed by atoms with Gasteiger partial charge >= 0.3 is 0 Å². The minimum Gasteiger partial charge on any atom is -0.507 e. The lowest BCUT2D eigenvalue weighted by molar-refractivity contribution is -0.124. The van der Waals surface area contributed by atoms with Gasteiger partial charge in [-0.1, -0.05) is 11.6 Å². The Bertz CT molecular complexity index is 462. The topological polar surface area (TPSA) is 37.3 Å². The molecular formula is C10H5ClF4O2. The first kappa shape index (κ1) is 13.5. The highest BCUT2D eigenvalue weighted by molar-refractivity contribution is 6.30. The van der Waals surface area contributed by atoms with Gasteiger partial charge in [0.15, 0.2) is 0 Å². The molecule has 0 saturated heterocycles. The number of aliphatic hydroxyl groups is 1. The van der Waals surface area contributed by atoms with Crippen LogP contribution in [0.15, 0.2) is 18.2 Å². The largest absolute Gasteiger partial charge is 0.507 e. The van der Waals surface area contributed by atoms with E-state index in [9.17, 15) is 27.5 Å². The second-order valence-electron chi connectivity index (χ2n) is 2.99. The molecule has 0 aromatic heterocycles. The SMILES string of the molecule is O=C(/C=C(\O)c1cc(F)c(Cl)c(F)c1)C(F)F. The number of carbonyl (C=O) groups excluding carboxylic acids is 1. The summed E-state index contributed by atoms with van der Waals surface area (Å²) in [4.78, 5) is 10.6. The molecule has 0 bridgehead atoms. The zero-order valence-corrected chi connectivity index (χ0v) is 8.81. The molecule has 17 heavy (non-hydrogen) atoms. The van der Waals surface area contributed by atoms with Crippen molar-refractivity contribution in [2.45, 2.75) is 6.43 Å². The third-order valence-corrected chi connectivity index (χ3v) is 2.13. The van der Waals surface area contributed by atoms with Gasteiger partial charge < -0.3 is 5.11 Å². The van der Waals surface area contributed by atoms with Gasteiger partial charge in [0.05, 0.1) is 0 Å². The van der Waals surface area contributed by atoms with Crippen molar-refractivity contribution in [3.8, 4) is 0 Å². The maximum absolute atomic E-state index is 13.0. The number of benzene rings is 1. The molecule has 0 fully saturated rings. The number of aliphatic hydroxyl groups excluding tert-OH is 1. The molecule has 0 radical (unpaired) electrons. The van der Waals surface area contributed by atoms with E-state index in [0.717, 1.165) is 0 Å². The average molecular weight is 269 g/mol. The predicted molar refractivity (Wildman–Crippen MR) is 53.0 cm³/mol. The third kappa shape index (κ3) is 3.20. The van der Waals surface area contributed by atoms with Gasteiger partial charge in [0, 0.05) is 11.6 Å². The Morgan fingerprint density at radius 3 is 2.18 bits per heavy atom. The molecule has 1 aromatic rings. The molecule has 0 aliphatic rings. The smallest absolute Gasteiger partial charge is 0.300 e. The summed E-state index contributed by atoms with van der Waals surface area (Å²) in [5.41, 5.74) is -0.460. The Kier molecular flexibility index (Phi) is 4.11. The molecule has 7 heteroatoms. The number of allylic oxidation sites excluding steroid dienone is 1. The summed E-state index contributed by atoms with van der Waals surface area (Å²) in [6.07, 6.45) is -3.12. The van der Waals surface area contributed by atoms with Gasteiger partial charge in [0.25, 0.3) is 6.43 Å². The number of hydrogen-bond donors (Lipinski definition) is 1. The average Bonchev–Trinajstić information content (AvgIpc) is 2.24. The Balaban J connectivity index is 3.13. The van der Waals surface area contributed by atoms with Crippen LogP contribution in [0.5, 0.6) is 0 Å². The molecule has 2 nitrogen and oxygen atoms in total. The van der Waals surface area contributed by atoms with Gasteiger partial charge in [-0.05, 0) is 12.1 Å². The molecule has 0 unspecified atom stereocenters. The Labute approximate surface area is 98.1 Å². The maximum Gasteiger partial charge on any atom is 0.300 e. The van der Waals surface area contributed by atoms with E-state index in [4.69, 9.17) is 11.6 Å². The first-order valence-electron chi connectivity index (χ1n) is 4.20. The van der Waals surface area contributed by atoms with Gasteiger partial charge in [-0.3, -0.25) is 4.79 Å². The molecule has 0 spiro atoms. The van der Waals surface area contributed by atoms with Crippen molar-refractivity contribution in [1.29, 1.82) is 0 Å². The monoisotopic (exact) mass is 268 g/mol. The number of hydrogen-bond acceptors (Lipinski definition) is 2. The van der Waals surface area contributed by atoms with E-state index in [1.807, 2.05) is 0 Å². The number of halogens is 5. The second-order valence-corrected chi connectivity index (χ2v) is 3.36. The molecule has 0 saturated carbocycles. The quantitative estimate of drug-likeness (QED) is 0.395. The lowest BCUT2D eigenvalue weighted by Gasteiger charge is -2.03. The molecule has 1 rings (SSSR count). The lowest BCUT2D eigenvalue weighted by Crippen LogP contribution is -2.06. The van der Waals surface area contributed by atoms with E-state index in [-0.39, 0.29) is 6.08 Å². The van der Waals surface area contributed by atoms with Crippen molar-refractivity contribution in [3.05, 3.63) is 40.4 Å². The summed E-state index contributed by atoms with van der Waals surface area (Å²) in [5.74, 6) is -4.99. The van der Waals surface area contributed by atoms with Crippen molar-refractivity contribution in [2.24, 2.45) is 0 Å². The van der Waals surface area contributed by atoms with Gasteiger partial charge in [-0.2, -0.15) is 0 Å². The van der Waals surface area contributed by atoms with Crippen LogP contribution in [0, 0.1) is 11.6 Å². The summed E-state index contributed by atoms with van der Waals surface area (Å²) in [6, 6.07) is 1.24. The maximum atomic E-state index is 13.0. The molecule has 0 atom stereocenters. The highest BCUT2D eigenvalue weighted by Crippen LogP contribution is 2.23. The minimum atomic E-state index is -3.31. The highest BCUT2D eigenvalue weighted by Gasteiger charge is 2.16. The molecule has 1 aromatic carbocycles. The van der Waals surface area contributed by atoms with Crippen molar-refractivity contribution in [1.82, 2.24) is 0 Å². The van der Waals surface area contributed by atoms with Gasteiger partial charge in [0.1, 0.15) is 22.4 Å². The molecular weight excluding hydrogens is 264 g/mol. The normalized spacial score (nSPS) is 12.0. The van der Waals surface area contributed by atoms with Crippen LogP contribution in [-0.4, -0.2) is 17.3 Å². The van der Waals surface area contributed by atoms with E-state index < -0.39 is 40.2 Å². The minimum absolute atomic E-state index is 0.187. The van der Waals surface area contributed by atoms with Crippen LogP contribution in [0.3, 0.4) is 0 Å². The van der Waals surface area contributed by atoms with E-state index in [2.05, 4.69) is 0 Å². The molecule has 92 valence electrons. The zero-order valence-electron chi connectivity index (χ0n) is 8.05. The summed E-state index contributed by atoms with van der Waals surface area (Å²) in [7, 11) is 0. The van der Waals surface area contributed by atoms with Gasteiger partial charge in [-0.15, -0.1) is 0 Å². The van der Waals surface area contributed by atoms with Crippen LogP contribution < -0.4 is 0 Å². The van der Waals surface area contributed by atoms with E-state index in [0.29, 0.717) is 12.1 Å². The number of ketones is 1. The first-order chi connectivity index (χ1) is 7.82. The molecule has 0 aliphatic heterocycles. The summed E-state index contributed by atoms with van der Waals surface area (Å²) < 4.78 is 49.6. The fourth-order valence-corrected chi connectivity index (χ4v) is 1.09. The van der Waals surface area contributed by atoms with Crippen LogP contribution in [0.2, 0.25) is 5.02 Å². The Hall–Kier alpha value is -1.56. The van der Waals surface area contributed by atoms with Crippen LogP contribution in [0.1, 0.15) is 5.56 Å². The van der Waals surface area contributed by atoms with E-state index >= 15 is 0 Å². The lowest BCUT2D eigenvalue weighted by atomic mass is 10.1. The molecule has 0 heterocycles. The van der Waals surface area contributed by atoms with Crippen LogP contribution in [-0.2, 0) is 4.79 Å². The van der Waals surface area contributed by atoms with Crippen LogP contribution in [0.25, 0.3) is 5.76 Å². The van der Waals surface area contributed by atoms with Gasteiger partial charge in [0.2, 0.25) is 5.78 Å². The fourth-order valence-electron chi connectivity index (χ4n) is 0.984. The second kappa shape index (κ2) is 5.18.